The average Bonchev–Trinajstić information content (AvgIpc) is 2.76. The number of phenols is 1. The maximum absolute atomic E-state index is 9.75. The van der Waals surface area contributed by atoms with Gasteiger partial charge in [0.25, 0.3) is 0 Å². The fourth-order valence-corrected chi connectivity index (χ4v) is 3.47. The number of rotatable bonds is 9. The summed E-state index contributed by atoms with van der Waals surface area (Å²) in [6.07, 6.45) is 0.738. The van der Waals surface area contributed by atoms with Gasteiger partial charge >= 0.3 is 0 Å². The molecule has 0 unspecified atom stereocenters. The van der Waals surface area contributed by atoms with Crippen LogP contribution >= 0.6 is 11.6 Å². The van der Waals surface area contributed by atoms with Crippen molar-refractivity contribution in [2.24, 2.45) is 0 Å². The molecule has 0 radical (unpaired) electrons. The van der Waals surface area contributed by atoms with Crippen LogP contribution < -0.4 is 10.1 Å². The zero-order valence-corrected chi connectivity index (χ0v) is 17.3. The number of ether oxygens (including phenoxy) is 1. The molecule has 0 amide bonds. The number of likely N-dealkylation sites (N-methyl/N-ethyl adjacent to an activating group) is 1. The Kier molecular flexibility index (Phi) is 7.74. The first-order chi connectivity index (χ1) is 14.2. The van der Waals surface area contributed by atoms with Crippen molar-refractivity contribution in [3.8, 4) is 11.5 Å². The molecule has 3 aromatic carbocycles. The monoisotopic (exact) mass is 407 g/mol. The van der Waals surface area contributed by atoms with E-state index in [2.05, 4.69) is 29.6 Å². The molecule has 3 rings (SSSR count). The lowest BCUT2D eigenvalue weighted by Gasteiger charge is -2.17. The van der Waals surface area contributed by atoms with Gasteiger partial charge in [0.05, 0.1) is 0 Å². The molecule has 4 heteroatoms. The molecule has 29 heavy (non-hydrogen) atoms. The molecule has 0 aliphatic rings. The third-order valence-electron chi connectivity index (χ3n) is 4.69. The molecule has 0 spiro atoms. The fraction of sp³-hybridized carbons (Fsp3) is 0.200. The lowest BCUT2D eigenvalue weighted by molar-refractivity contribution is 0.318. The van der Waals surface area contributed by atoms with E-state index in [0.717, 1.165) is 41.0 Å². The highest BCUT2D eigenvalue weighted by molar-refractivity contribution is 6.18. The van der Waals surface area contributed by atoms with Crippen molar-refractivity contribution in [1.82, 2.24) is 5.32 Å². The van der Waals surface area contributed by atoms with Crippen molar-refractivity contribution in [3.63, 3.8) is 0 Å². The van der Waals surface area contributed by atoms with E-state index in [1.807, 2.05) is 49.5 Å². The topological polar surface area (TPSA) is 41.5 Å². The van der Waals surface area contributed by atoms with Crippen LogP contribution in [0, 0.1) is 0 Å². The Morgan fingerprint density at radius 2 is 1.48 bits per heavy atom. The van der Waals surface area contributed by atoms with E-state index in [4.69, 9.17) is 16.3 Å². The molecule has 0 aromatic heterocycles. The predicted octanol–water partition coefficient (Wildman–Crippen LogP) is 5.58. The quantitative estimate of drug-likeness (QED) is 0.276. The average molecular weight is 408 g/mol. The number of allylic oxidation sites excluding steroid dienone is 1. The minimum absolute atomic E-state index is 0.250. The van der Waals surface area contributed by atoms with E-state index >= 15 is 0 Å². The highest BCUT2D eigenvalue weighted by atomic mass is 35.5. The van der Waals surface area contributed by atoms with Crippen LogP contribution in [-0.2, 0) is 0 Å². The molecule has 2 N–H and O–H groups in total. The molecular formula is C25H26ClNO2. The highest BCUT2D eigenvalue weighted by Crippen LogP contribution is 2.35. The Bertz CT molecular complexity index is 919. The lowest BCUT2D eigenvalue weighted by atomic mass is 9.88. The van der Waals surface area contributed by atoms with Gasteiger partial charge in [0.1, 0.15) is 18.1 Å². The SMILES string of the molecule is CNCCOc1ccc(/C(=C(\CCCl)c2ccccc2)c2ccc(O)cc2)cc1. The molecule has 0 bridgehead atoms. The predicted molar refractivity (Wildman–Crippen MR) is 122 cm³/mol. The van der Waals surface area contributed by atoms with E-state index in [1.54, 1.807) is 12.1 Å². The van der Waals surface area contributed by atoms with Gasteiger partial charge in [0.15, 0.2) is 0 Å². The van der Waals surface area contributed by atoms with Crippen LogP contribution in [0.3, 0.4) is 0 Å². The highest BCUT2D eigenvalue weighted by Gasteiger charge is 2.14. The van der Waals surface area contributed by atoms with Gasteiger partial charge in [-0.05, 0) is 65.6 Å². The van der Waals surface area contributed by atoms with Crippen LogP contribution in [0.25, 0.3) is 11.1 Å². The van der Waals surface area contributed by atoms with Gasteiger partial charge in [-0.15, -0.1) is 11.6 Å². The molecule has 3 nitrogen and oxygen atoms in total. The molecule has 0 fully saturated rings. The first-order valence-corrected chi connectivity index (χ1v) is 10.3. The Morgan fingerprint density at radius 3 is 2.07 bits per heavy atom. The van der Waals surface area contributed by atoms with Crippen LogP contribution in [-0.4, -0.2) is 31.2 Å². The molecule has 0 saturated heterocycles. The van der Waals surface area contributed by atoms with Gasteiger partial charge in [-0.3, -0.25) is 0 Å². The number of phenolic OH excluding ortho intramolecular Hbond substituents is 1. The van der Waals surface area contributed by atoms with Crippen molar-refractivity contribution in [2.75, 3.05) is 26.1 Å². The van der Waals surface area contributed by atoms with E-state index in [-0.39, 0.29) is 5.75 Å². The van der Waals surface area contributed by atoms with Crippen molar-refractivity contribution < 1.29 is 9.84 Å². The summed E-state index contributed by atoms with van der Waals surface area (Å²) in [7, 11) is 1.91. The Morgan fingerprint density at radius 1 is 0.862 bits per heavy atom. The zero-order valence-electron chi connectivity index (χ0n) is 16.6. The van der Waals surface area contributed by atoms with Gasteiger partial charge in [0, 0.05) is 12.4 Å². The standard InChI is InChI=1S/C25H26ClNO2/c1-27-17-18-29-23-13-9-21(10-14-23)25(20-7-11-22(28)12-8-20)24(15-16-26)19-5-3-2-4-6-19/h2-14,27-28H,15-18H2,1H3/b25-24+. The van der Waals surface area contributed by atoms with E-state index in [1.165, 1.54) is 5.57 Å². The van der Waals surface area contributed by atoms with Gasteiger partial charge in [-0.1, -0.05) is 54.6 Å². The number of hydrogen-bond donors (Lipinski definition) is 2. The first kappa shape index (κ1) is 21.0. The van der Waals surface area contributed by atoms with Crippen LogP contribution in [0.5, 0.6) is 11.5 Å². The molecule has 0 heterocycles. The molecule has 0 aliphatic heterocycles. The van der Waals surface area contributed by atoms with Gasteiger partial charge < -0.3 is 15.2 Å². The number of benzene rings is 3. The third-order valence-corrected chi connectivity index (χ3v) is 4.88. The normalized spacial score (nSPS) is 11.8. The number of halogens is 1. The summed E-state index contributed by atoms with van der Waals surface area (Å²) in [6, 6.07) is 25.8. The molecule has 3 aromatic rings. The summed E-state index contributed by atoms with van der Waals surface area (Å²) < 4.78 is 5.76. The second-order valence-corrected chi connectivity index (χ2v) is 7.06. The maximum Gasteiger partial charge on any atom is 0.119 e. The number of nitrogens with one attached hydrogen (secondary N) is 1. The number of hydrogen-bond acceptors (Lipinski definition) is 3. The molecule has 150 valence electrons. The second-order valence-electron chi connectivity index (χ2n) is 6.68. The summed E-state index contributed by atoms with van der Waals surface area (Å²) in [5.74, 6) is 1.62. The summed E-state index contributed by atoms with van der Waals surface area (Å²) in [5.41, 5.74) is 5.55. The van der Waals surface area contributed by atoms with E-state index < -0.39 is 0 Å². The van der Waals surface area contributed by atoms with Crippen LogP contribution in [0.2, 0.25) is 0 Å². The minimum Gasteiger partial charge on any atom is -0.508 e. The smallest absolute Gasteiger partial charge is 0.119 e. The van der Waals surface area contributed by atoms with Crippen LogP contribution in [0.1, 0.15) is 23.1 Å². The maximum atomic E-state index is 9.75. The summed E-state index contributed by atoms with van der Waals surface area (Å²) in [5, 5.41) is 12.8. The van der Waals surface area contributed by atoms with Crippen molar-refractivity contribution in [3.05, 3.63) is 95.6 Å². The summed E-state index contributed by atoms with van der Waals surface area (Å²) in [6.45, 7) is 1.42. The summed E-state index contributed by atoms with van der Waals surface area (Å²) >= 11 is 6.19. The van der Waals surface area contributed by atoms with E-state index in [9.17, 15) is 5.11 Å². The van der Waals surface area contributed by atoms with Crippen LogP contribution in [0.4, 0.5) is 0 Å². The van der Waals surface area contributed by atoms with Gasteiger partial charge in [-0.25, -0.2) is 0 Å². The van der Waals surface area contributed by atoms with Crippen molar-refractivity contribution in [1.29, 1.82) is 0 Å². The molecule has 0 saturated carbocycles. The minimum atomic E-state index is 0.250. The zero-order chi connectivity index (χ0) is 20.5. The van der Waals surface area contributed by atoms with Crippen molar-refractivity contribution >= 4 is 22.7 Å². The van der Waals surface area contributed by atoms with Crippen LogP contribution in [0.15, 0.2) is 78.9 Å². The van der Waals surface area contributed by atoms with E-state index in [0.29, 0.717) is 12.5 Å². The second kappa shape index (κ2) is 10.7. The lowest BCUT2D eigenvalue weighted by Crippen LogP contribution is -2.15. The van der Waals surface area contributed by atoms with Gasteiger partial charge in [0.2, 0.25) is 0 Å². The number of alkyl halides is 1. The molecule has 0 aliphatic carbocycles. The van der Waals surface area contributed by atoms with Gasteiger partial charge in [-0.2, -0.15) is 0 Å². The summed E-state index contributed by atoms with van der Waals surface area (Å²) in [4.78, 5) is 0. The molecule has 0 atom stereocenters. The fourth-order valence-electron chi connectivity index (χ4n) is 3.28. The Hall–Kier alpha value is -2.75. The Balaban J connectivity index is 2.09. The molecular weight excluding hydrogens is 382 g/mol. The number of aromatic hydroxyl groups is 1. The largest absolute Gasteiger partial charge is 0.508 e. The Labute approximate surface area is 177 Å². The first-order valence-electron chi connectivity index (χ1n) is 9.74. The van der Waals surface area contributed by atoms with Crippen molar-refractivity contribution in [2.45, 2.75) is 6.42 Å². The third kappa shape index (κ3) is 5.63.